The van der Waals surface area contributed by atoms with Gasteiger partial charge >= 0.3 is 0 Å². The number of hydrogen-bond acceptors (Lipinski definition) is 6. The topological polar surface area (TPSA) is 63.8 Å². The first-order chi connectivity index (χ1) is 12.8. The number of fused-ring (bicyclic) bond motifs is 1. The summed E-state index contributed by atoms with van der Waals surface area (Å²) in [6, 6.07) is 9.90. The van der Waals surface area contributed by atoms with E-state index in [0.29, 0.717) is 0 Å². The number of oxazole rings is 1. The maximum absolute atomic E-state index is 5.89. The summed E-state index contributed by atoms with van der Waals surface area (Å²) >= 11 is 1.57. The molecule has 0 spiro atoms. The van der Waals surface area contributed by atoms with Crippen molar-refractivity contribution in [2.45, 2.75) is 32.6 Å². The second kappa shape index (κ2) is 7.66. The van der Waals surface area contributed by atoms with Gasteiger partial charge in [-0.3, -0.25) is 4.98 Å². The van der Waals surface area contributed by atoms with Gasteiger partial charge in [-0.1, -0.05) is 19.8 Å². The van der Waals surface area contributed by atoms with Crippen LogP contribution in [0.5, 0.6) is 0 Å². The van der Waals surface area contributed by atoms with Gasteiger partial charge in [0.1, 0.15) is 5.52 Å². The van der Waals surface area contributed by atoms with Crippen LogP contribution in [0.4, 0.5) is 10.8 Å². The normalized spacial score (nSPS) is 11.1. The molecule has 0 bridgehead atoms. The van der Waals surface area contributed by atoms with E-state index in [4.69, 9.17) is 4.42 Å². The van der Waals surface area contributed by atoms with Crippen molar-refractivity contribution >= 4 is 33.3 Å². The van der Waals surface area contributed by atoms with E-state index in [9.17, 15) is 0 Å². The van der Waals surface area contributed by atoms with Gasteiger partial charge in [0.15, 0.2) is 16.6 Å². The minimum Gasteiger partial charge on any atom is -0.441 e. The molecule has 0 aliphatic carbocycles. The molecule has 3 aromatic heterocycles. The molecule has 1 aromatic carbocycles. The van der Waals surface area contributed by atoms with Crippen molar-refractivity contribution < 1.29 is 4.42 Å². The molecule has 0 saturated heterocycles. The van der Waals surface area contributed by atoms with Gasteiger partial charge in [0.05, 0.1) is 5.69 Å². The summed E-state index contributed by atoms with van der Waals surface area (Å²) < 4.78 is 5.89. The van der Waals surface area contributed by atoms with E-state index in [0.717, 1.165) is 51.9 Å². The standard InChI is InChI=1S/C20H20N4OS/c1-2-3-4-7-19-23-16-9-8-15(11-18(16)25-19)22-20-24-17(13-26-20)14-6-5-10-21-12-14/h5-6,8-13H,2-4,7H2,1H3,(H,22,24). The van der Waals surface area contributed by atoms with Crippen LogP contribution in [0.2, 0.25) is 0 Å². The molecule has 0 saturated carbocycles. The molecule has 4 aromatic rings. The van der Waals surface area contributed by atoms with Crippen LogP contribution >= 0.6 is 11.3 Å². The molecule has 0 aliphatic heterocycles. The summed E-state index contributed by atoms with van der Waals surface area (Å²) in [5.41, 5.74) is 4.59. The van der Waals surface area contributed by atoms with Gasteiger partial charge in [-0.25, -0.2) is 9.97 Å². The fourth-order valence-corrected chi connectivity index (χ4v) is 3.52. The molecule has 132 valence electrons. The number of benzene rings is 1. The van der Waals surface area contributed by atoms with Crippen molar-refractivity contribution in [3.05, 3.63) is 54.0 Å². The van der Waals surface area contributed by atoms with Gasteiger partial charge in [0, 0.05) is 41.5 Å². The third-order valence-corrected chi connectivity index (χ3v) is 4.90. The van der Waals surface area contributed by atoms with E-state index < -0.39 is 0 Å². The van der Waals surface area contributed by atoms with Crippen molar-refractivity contribution in [2.75, 3.05) is 5.32 Å². The zero-order valence-electron chi connectivity index (χ0n) is 14.6. The van der Waals surface area contributed by atoms with E-state index in [1.807, 2.05) is 41.9 Å². The lowest BCUT2D eigenvalue weighted by molar-refractivity contribution is 0.513. The second-order valence-electron chi connectivity index (χ2n) is 6.15. The predicted molar refractivity (Wildman–Crippen MR) is 106 cm³/mol. The largest absolute Gasteiger partial charge is 0.441 e. The van der Waals surface area contributed by atoms with Crippen LogP contribution in [-0.2, 0) is 6.42 Å². The number of unbranched alkanes of at least 4 members (excludes halogenated alkanes) is 2. The number of hydrogen-bond donors (Lipinski definition) is 1. The van der Waals surface area contributed by atoms with E-state index in [1.165, 1.54) is 12.8 Å². The summed E-state index contributed by atoms with van der Waals surface area (Å²) in [6.45, 7) is 2.20. The molecule has 1 N–H and O–H groups in total. The number of aryl methyl sites for hydroxylation is 1. The number of nitrogens with one attached hydrogen (secondary N) is 1. The number of nitrogens with zero attached hydrogens (tertiary/aromatic N) is 3. The highest BCUT2D eigenvalue weighted by Crippen LogP contribution is 2.28. The molecule has 0 aliphatic rings. The summed E-state index contributed by atoms with van der Waals surface area (Å²) in [5, 5.41) is 6.21. The highest BCUT2D eigenvalue weighted by molar-refractivity contribution is 7.14. The van der Waals surface area contributed by atoms with Crippen LogP contribution in [-0.4, -0.2) is 15.0 Å². The average Bonchev–Trinajstić information content (AvgIpc) is 3.29. The van der Waals surface area contributed by atoms with Crippen molar-refractivity contribution in [1.29, 1.82) is 0 Å². The van der Waals surface area contributed by atoms with Crippen LogP contribution < -0.4 is 5.32 Å². The lowest BCUT2D eigenvalue weighted by Crippen LogP contribution is -1.89. The predicted octanol–water partition coefficient (Wildman–Crippen LogP) is 5.82. The lowest BCUT2D eigenvalue weighted by Gasteiger charge is -2.01. The Labute approximate surface area is 156 Å². The summed E-state index contributed by atoms with van der Waals surface area (Å²) in [5.74, 6) is 0.818. The SMILES string of the molecule is CCCCCc1nc2ccc(Nc3nc(-c4cccnc4)cs3)cc2o1. The van der Waals surface area contributed by atoms with Gasteiger partial charge in [-0.15, -0.1) is 11.3 Å². The Balaban J connectivity index is 1.49. The smallest absolute Gasteiger partial charge is 0.195 e. The number of anilines is 2. The fourth-order valence-electron chi connectivity index (χ4n) is 2.78. The molecule has 5 nitrogen and oxygen atoms in total. The van der Waals surface area contributed by atoms with Crippen LogP contribution in [0.3, 0.4) is 0 Å². The summed E-state index contributed by atoms with van der Waals surface area (Å²) in [4.78, 5) is 13.3. The molecule has 4 rings (SSSR count). The maximum atomic E-state index is 5.89. The Morgan fingerprint density at radius 2 is 2.12 bits per heavy atom. The van der Waals surface area contributed by atoms with Crippen LogP contribution in [0, 0.1) is 0 Å². The molecule has 0 amide bonds. The van der Waals surface area contributed by atoms with Gasteiger partial charge in [0.25, 0.3) is 0 Å². The zero-order valence-corrected chi connectivity index (χ0v) is 15.4. The monoisotopic (exact) mass is 364 g/mol. The maximum Gasteiger partial charge on any atom is 0.195 e. The van der Waals surface area contributed by atoms with E-state index in [-0.39, 0.29) is 0 Å². The molecule has 26 heavy (non-hydrogen) atoms. The molecule has 0 fully saturated rings. The highest BCUT2D eigenvalue weighted by Gasteiger charge is 2.08. The van der Waals surface area contributed by atoms with Crippen molar-refractivity contribution in [2.24, 2.45) is 0 Å². The highest BCUT2D eigenvalue weighted by atomic mass is 32.1. The molecule has 0 atom stereocenters. The Morgan fingerprint density at radius 1 is 1.15 bits per heavy atom. The molecule has 0 radical (unpaired) electrons. The van der Waals surface area contributed by atoms with Gasteiger partial charge in [-0.05, 0) is 30.7 Å². The Bertz CT molecular complexity index is 993. The van der Waals surface area contributed by atoms with E-state index in [2.05, 4.69) is 27.2 Å². The van der Waals surface area contributed by atoms with Gasteiger partial charge in [-0.2, -0.15) is 0 Å². The molecule has 0 unspecified atom stereocenters. The van der Waals surface area contributed by atoms with E-state index >= 15 is 0 Å². The van der Waals surface area contributed by atoms with Crippen molar-refractivity contribution in [3.8, 4) is 11.3 Å². The molecular formula is C20H20N4OS. The van der Waals surface area contributed by atoms with Crippen molar-refractivity contribution in [3.63, 3.8) is 0 Å². The first kappa shape index (κ1) is 16.7. The number of rotatable bonds is 7. The Kier molecular flexibility index (Phi) is 4.93. The van der Waals surface area contributed by atoms with Crippen molar-refractivity contribution in [1.82, 2.24) is 15.0 Å². The fraction of sp³-hybridized carbons (Fsp3) is 0.250. The molecule has 6 heteroatoms. The van der Waals surface area contributed by atoms with Crippen LogP contribution in [0.1, 0.15) is 32.1 Å². The first-order valence-electron chi connectivity index (χ1n) is 8.84. The van der Waals surface area contributed by atoms with Crippen LogP contribution in [0.25, 0.3) is 22.4 Å². The molecular weight excluding hydrogens is 344 g/mol. The number of pyridine rings is 1. The van der Waals surface area contributed by atoms with Gasteiger partial charge in [0.2, 0.25) is 0 Å². The Morgan fingerprint density at radius 3 is 2.96 bits per heavy atom. The zero-order chi connectivity index (χ0) is 17.8. The third-order valence-electron chi connectivity index (χ3n) is 4.14. The summed E-state index contributed by atoms with van der Waals surface area (Å²) in [7, 11) is 0. The first-order valence-corrected chi connectivity index (χ1v) is 9.72. The molecule has 3 heterocycles. The lowest BCUT2D eigenvalue weighted by atomic mass is 10.2. The Hall–Kier alpha value is -2.73. The average molecular weight is 364 g/mol. The minimum atomic E-state index is 0.811. The summed E-state index contributed by atoms with van der Waals surface area (Å²) in [6.07, 6.45) is 7.99. The third kappa shape index (κ3) is 3.75. The van der Waals surface area contributed by atoms with Crippen LogP contribution in [0.15, 0.2) is 52.5 Å². The minimum absolute atomic E-state index is 0.811. The number of thiazole rings is 1. The number of aromatic nitrogens is 3. The quantitative estimate of drug-likeness (QED) is 0.418. The van der Waals surface area contributed by atoms with Gasteiger partial charge < -0.3 is 9.73 Å². The van der Waals surface area contributed by atoms with E-state index in [1.54, 1.807) is 17.5 Å². The second-order valence-corrected chi connectivity index (χ2v) is 7.01.